The van der Waals surface area contributed by atoms with Gasteiger partial charge in [-0.3, -0.25) is 0 Å². The van der Waals surface area contributed by atoms with Crippen LogP contribution in [0.5, 0.6) is 0 Å². The minimum absolute atomic E-state index is 0.0326. The van der Waals surface area contributed by atoms with Crippen molar-refractivity contribution in [1.82, 2.24) is 0 Å². The van der Waals surface area contributed by atoms with Crippen LogP contribution in [0.2, 0.25) is 0 Å². The molecule has 0 spiro atoms. The molecule has 11 heteroatoms. The van der Waals surface area contributed by atoms with Gasteiger partial charge in [-0.1, -0.05) is 6.08 Å². The second-order valence-corrected chi connectivity index (χ2v) is 6.13. The predicted molar refractivity (Wildman–Crippen MR) is 82.5 cm³/mol. The van der Waals surface area contributed by atoms with E-state index in [1.807, 2.05) is 0 Å². The number of aliphatic hydroxyl groups excluding tert-OH is 7. The normalized spacial score (nSPS) is 46.9. The van der Waals surface area contributed by atoms with E-state index in [0.29, 0.717) is 0 Å². The number of hydrogen-bond donors (Lipinski definition) is 7. The molecule has 0 aromatic rings. The molecular weight excluding hydrogens is 356 g/mol. The van der Waals surface area contributed by atoms with E-state index in [1.54, 1.807) is 0 Å². The van der Waals surface area contributed by atoms with Crippen LogP contribution in [-0.2, 0) is 18.9 Å². The lowest BCUT2D eigenvalue weighted by atomic mass is 9.97. The van der Waals surface area contributed by atoms with Crippen LogP contribution < -0.4 is 0 Å². The highest BCUT2D eigenvalue weighted by atomic mass is 16.7. The topological polar surface area (TPSA) is 179 Å². The monoisotopic (exact) mass is 382 g/mol. The first kappa shape index (κ1) is 21.6. The van der Waals surface area contributed by atoms with Gasteiger partial charge in [-0.05, 0) is 0 Å². The lowest BCUT2D eigenvalue weighted by Gasteiger charge is -2.45. The highest BCUT2D eigenvalue weighted by Gasteiger charge is 2.50. The van der Waals surface area contributed by atoms with Crippen molar-refractivity contribution in [1.29, 1.82) is 0 Å². The maximum absolute atomic E-state index is 10.3. The molecule has 152 valence electrons. The Balaban J connectivity index is 2.10. The van der Waals surface area contributed by atoms with E-state index in [4.69, 9.17) is 18.9 Å². The highest BCUT2D eigenvalue weighted by molar-refractivity contribution is 4.94. The molecule has 0 amide bonds. The summed E-state index contributed by atoms with van der Waals surface area (Å²) in [6.45, 7) is 2.22. The molecule has 0 bridgehead atoms. The van der Waals surface area contributed by atoms with E-state index in [1.165, 1.54) is 6.08 Å². The Hall–Kier alpha value is -0.700. The van der Waals surface area contributed by atoms with Gasteiger partial charge >= 0.3 is 0 Å². The first-order valence-electron chi connectivity index (χ1n) is 8.16. The van der Waals surface area contributed by atoms with E-state index >= 15 is 0 Å². The molecule has 2 aliphatic rings. The van der Waals surface area contributed by atoms with Crippen molar-refractivity contribution in [3.05, 3.63) is 12.7 Å². The average molecular weight is 382 g/mol. The maximum atomic E-state index is 10.3. The second-order valence-electron chi connectivity index (χ2n) is 6.13. The molecule has 0 aromatic carbocycles. The SMILES string of the molecule is C=CCO[C@@H]1OC(CO)[C@@H](O[C@@H]2OC(CO)[C@H](O)C(O)C2O)C(O)C1O. The van der Waals surface area contributed by atoms with Crippen molar-refractivity contribution in [2.45, 2.75) is 61.4 Å². The number of ether oxygens (including phenoxy) is 4. The van der Waals surface area contributed by atoms with Crippen molar-refractivity contribution in [2.75, 3.05) is 19.8 Å². The minimum atomic E-state index is -1.70. The van der Waals surface area contributed by atoms with Crippen LogP contribution in [0.1, 0.15) is 0 Å². The van der Waals surface area contributed by atoms with Crippen LogP contribution in [0.3, 0.4) is 0 Å². The summed E-state index contributed by atoms with van der Waals surface area (Å²) in [6, 6.07) is 0. The summed E-state index contributed by atoms with van der Waals surface area (Å²) in [4.78, 5) is 0. The van der Waals surface area contributed by atoms with Gasteiger partial charge in [-0.2, -0.15) is 0 Å². The quantitative estimate of drug-likeness (QED) is 0.212. The summed E-state index contributed by atoms with van der Waals surface area (Å²) < 4.78 is 21.1. The van der Waals surface area contributed by atoms with Crippen LogP contribution in [0, 0.1) is 0 Å². The molecule has 11 nitrogen and oxygen atoms in total. The first-order valence-corrected chi connectivity index (χ1v) is 8.16. The third-order valence-corrected chi connectivity index (χ3v) is 4.34. The number of aliphatic hydroxyl groups is 7. The summed E-state index contributed by atoms with van der Waals surface area (Å²) in [5.74, 6) is 0. The lowest BCUT2D eigenvalue weighted by molar-refractivity contribution is -0.358. The van der Waals surface area contributed by atoms with Crippen molar-refractivity contribution in [3.8, 4) is 0 Å². The molecule has 0 aliphatic carbocycles. The van der Waals surface area contributed by atoms with Crippen LogP contribution in [0.15, 0.2) is 12.7 Å². The van der Waals surface area contributed by atoms with Crippen molar-refractivity contribution in [2.24, 2.45) is 0 Å². The predicted octanol–water partition coefficient (Wildman–Crippen LogP) is -4.19. The molecular formula is C15H26O11. The lowest BCUT2D eigenvalue weighted by Crippen LogP contribution is -2.64. The fraction of sp³-hybridized carbons (Fsp3) is 0.867. The van der Waals surface area contributed by atoms with E-state index in [9.17, 15) is 35.7 Å². The van der Waals surface area contributed by atoms with Gasteiger partial charge in [-0.15, -0.1) is 6.58 Å². The number of rotatable bonds is 7. The van der Waals surface area contributed by atoms with Crippen molar-refractivity contribution in [3.63, 3.8) is 0 Å². The molecule has 2 aliphatic heterocycles. The standard InChI is InChI=1S/C15H26O11/c1-2-3-23-14-12(22)10(20)13(7(5-17)25-14)26-15-11(21)9(19)8(18)6(4-16)24-15/h2,6-22H,1,3-5H2/t6?,7?,8-,9?,10?,11?,12?,13+,14+,15-/m0/s1. The van der Waals surface area contributed by atoms with Gasteiger partial charge in [0.25, 0.3) is 0 Å². The van der Waals surface area contributed by atoms with E-state index in [-0.39, 0.29) is 6.61 Å². The van der Waals surface area contributed by atoms with E-state index in [2.05, 4.69) is 6.58 Å². The molecule has 0 radical (unpaired) electrons. The van der Waals surface area contributed by atoms with Gasteiger partial charge in [0.1, 0.15) is 48.8 Å². The van der Waals surface area contributed by atoms with Gasteiger partial charge in [0.05, 0.1) is 19.8 Å². The summed E-state index contributed by atoms with van der Waals surface area (Å²) in [7, 11) is 0. The zero-order valence-corrected chi connectivity index (χ0v) is 13.9. The largest absolute Gasteiger partial charge is 0.394 e. The Labute approximate surface area is 149 Å². The van der Waals surface area contributed by atoms with Gasteiger partial charge < -0.3 is 54.7 Å². The zero-order chi connectivity index (χ0) is 19.4. The van der Waals surface area contributed by atoms with Crippen molar-refractivity contribution < 1.29 is 54.7 Å². The van der Waals surface area contributed by atoms with Crippen LogP contribution >= 0.6 is 0 Å². The Morgan fingerprint density at radius 3 is 1.92 bits per heavy atom. The third kappa shape index (κ3) is 4.40. The smallest absolute Gasteiger partial charge is 0.187 e. The number of hydrogen-bond acceptors (Lipinski definition) is 11. The van der Waals surface area contributed by atoms with Gasteiger partial charge in [0, 0.05) is 0 Å². The average Bonchev–Trinajstić information content (AvgIpc) is 2.64. The zero-order valence-electron chi connectivity index (χ0n) is 13.9. The van der Waals surface area contributed by atoms with Crippen molar-refractivity contribution >= 4 is 0 Å². The molecule has 0 saturated carbocycles. The molecule has 2 fully saturated rings. The Bertz CT molecular complexity index is 445. The van der Waals surface area contributed by atoms with Crippen LogP contribution in [0.4, 0.5) is 0 Å². The molecule has 2 saturated heterocycles. The van der Waals surface area contributed by atoms with Crippen LogP contribution in [-0.4, -0.2) is 117 Å². The molecule has 7 N–H and O–H groups in total. The Kier molecular flexibility index (Phi) is 7.88. The van der Waals surface area contributed by atoms with Crippen LogP contribution in [0.25, 0.3) is 0 Å². The first-order chi connectivity index (χ1) is 12.3. The fourth-order valence-electron chi connectivity index (χ4n) is 2.86. The fourth-order valence-corrected chi connectivity index (χ4v) is 2.86. The summed E-state index contributed by atoms with van der Waals surface area (Å²) in [6.07, 6.45) is -13.1. The minimum Gasteiger partial charge on any atom is -0.394 e. The summed E-state index contributed by atoms with van der Waals surface area (Å²) in [5, 5.41) is 68.6. The van der Waals surface area contributed by atoms with E-state index < -0.39 is 74.6 Å². The molecule has 0 aromatic heterocycles. The second kappa shape index (κ2) is 9.48. The van der Waals surface area contributed by atoms with E-state index in [0.717, 1.165) is 0 Å². The maximum Gasteiger partial charge on any atom is 0.187 e. The summed E-state index contributed by atoms with van der Waals surface area (Å²) in [5.41, 5.74) is 0. The van der Waals surface area contributed by atoms with Gasteiger partial charge in [0.2, 0.25) is 0 Å². The molecule has 2 heterocycles. The van der Waals surface area contributed by atoms with Gasteiger partial charge in [0.15, 0.2) is 12.6 Å². The highest BCUT2D eigenvalue weighted by Crippen LogP contribution is 2.29. The Morgan fingerprint density at radius 1 is 0.769 bits per heavy atom. The molecule has 26 heavy (non-hydrogen) atoms. The third-order valence-electron chi connectivity index (χ3n) is 4.34. The van der Waals surface area contributed by atoms with Gasteiger partial charge in [-0.25, -0.2) is 0 Å². The molecule has 10 atom stereocenters. The molecule has 2 rings (SSSR count). The summed E-state index contributed by atoms with van der Waals surface area (Å²) >= 11 is 0. The Morgan fingerprint density at radius 2 is 1.35 bits per heavy atom. The molecule has 6 unspecified atom stereocenters.